The average Bonchev–Trinajstić information content (AvgIpc) is 3.09. The van der Waals surface area contributed by atoms with Crippen molar-refractivity contribution in [1.82, 2.24) is 19.7 Å². The monoisotopic (exact) mass is 264 g/mol. The van der Waals surface area contributed by atoms with E-state index in [0.717, 1.165) is 51.2 Å². The maximum atomic E-state index is 12.4. The third-order valence-electron chi connectivity index (χ3n) is 4.05. The molecule has 2 saturated heterocycles. The Morgan fingerprint density at radius 3 is 3.00 bits per heavy atom. The summed E-state index contributed by atoms with van der Waals surface area (Å²) in [6, 6.07) is 0. The molecule has 0 bridgehead atoms. The second-order valence-electron chi connectivity index (χ2n) is 5.43. The summed E-state index contributed by atoms with van der Waals surface area (Å²) in [5.41, 5.74) is 0. The summed E-state index contributed by atoms with van der Waals surface area (Å²) in [5, 5.41) is 8.10. The van der Waals surface area contributed by atoms with Crippen molar-refractivity contribution >= 4 is 5.91 Å². The van der Waals surface area contributed by atoms with Gasteiger partial charge < -0.3 is 14.2 Å². The lowest BCUT2D eigenvalue weighted by Gasteiger charge is -2.33. The Morgan fingerprint density at radius 1 is 1.42 bits per heavy atom. The number of aromatic nitrogens is 3. The second-order valence-corrected chi connectivity index (χ2v) is 5.43. The number of nitrogens with zero attached hydrogens (tertiary/aromatic N) is 4. The number of hydrogen-bond donors (Lipinski definition) is 0. The third-order valence-corrected chi connectivity index (χ3v) is 4.05. The van der Waals surface area contributed by atoms with Crippen LogP contribution in [0.25, 0.3) is 0 Å². The molecule has 6 heteroatoms. The number of aryl methyl sites for hydroxylation is 1. The van der Waals surface area contributed by atoms with Gasteiger partial charge in [-0.15, -0.1) is 10.2 Å². The van der Waals surface area contributed by atoms with E-state index < -0.39 is 0 Å². The Bertz CT molecular complexity index is 453. The number of carbonyl (C=O) groups excluding carboxylic acids is 1. The number of hydrogen-bond acceptors (Lipinski definition) is 4. The van der Waals surface area contributed by atoms with Crippen LogP contribution in [-0.2, 0) is 16.6 Å². The number of rotatable bonds is 2. The summed E-state index contributed by atoms with van der Waals surface area (Å²) in [7, 11) is 1.95. The van der Waals surface area contributed by atoms with Crippen LogP contribution in [0, 0.1) is 0 Å². The lowest BCUT2D eigenvalue weighted by Crippen LogP contribution is -2.44. The Labute approximate surface area is 112 Å². The molecule has 3 heterocycles. The standard InChI is InChI=1S/C13H20N4O2/c1-16-9-14-15-12(16)10-4-2-6-17(8-10)13(18)11-5-3-7-19-11/h9-11H,2-8H2,1H3/t10-,11+/m0/s1. The van der Waals surface area contributed by atoms with E-state index in [2.05, 4.69) is 10.2 Å². The van der Waals surface area contributed by atoms with Crippen molar-refractivity contribution in [2.45, 2.75) is 37.7 Å². The van der Waals surface area contributed by atoms with Crippen LogP contribution in [-0.4, -0.2) is 51.4 Å². The zero-order valence-corrected chi connectivity index (χ0v) is 11.3. The SMILES string of the molecule is Cn1cnnc1[C@H]1CCCN(C(=O)[C@H]2CCCO2)C1. The van der Waals surface area contributed by atoms with Gasteiger partial charge >= 0.3 is 0 Å². The molecule has 19 heavy (non-hydrogen) atoms. The molecule has 0 spiro atoms. The van der Waals surface area contributed by atoms with Crippen LogP contribution in [0.15, 0.2) is 6.33 Å². The van der Waals surface area contributed by atoms with Gasteiger partial charge in [0.1, 0.15) is 18.3 Å². The van der Waals surface area contributed by atoms with E-state index in [0.29, 0.717) is 5.92 Å². The van der Waals surface area contributed by atoms with E-state index in [9.17, 15) is 4.79 Å². The molecule has 0 unspecified atom stereocenters. The quantitative estimate of drug-likeness (QED) is 0.789. The van der Waals surface area contributed by atoms with Gasteiger partial charge in [0.25, 0.3) is 5.91 Å². The Morgan fingerprint density at radius 2 is 2.32 bits per heavy atom. The largest absolute Gasteiger partial charge is 0.368 e. The highest BCUT2D eigenvalue weighted by atomic mass is 16.5. The molecule has 0 saturated carbocycles. The number of likely N-dealkylation sites (tertiary alicyclic amines) is 1. The van der Waals surface area contributed by atoms with Crippen molar-refractivity contribution in [2.75, 3.05) is 19.7 Å². The lowest BCUT2D eigenvalue weighted by molar-refractivity contribution is -0.142. The van der Waals surface area contributed by atoms with E-state index in [1.165, 1.54) is 0 Å². The minimum atomic E-state index is -0.210. The van der Waals surface area contributed by atoms with Gasteiger partial charge in [0, 0.05) is 32.7 Å². The topological polar surface area (TPSA) is 60.2 Å². The molecule has 3 rings (SSSR count). The van der Waals surface area contributed by atoms with Crippen molar-refractivity contribution < 1.29 is 9.53 Å². The molecule has 0 aliphatic carbocycles. The molecule has 104 valence electrons. The Balaban J connectivity index is 1.68. The van der Waals surface area contributed by atoms with Gasteiger partial charge in [-0.1, -0.05) is 0 Å². The molecular formula is C13H20N4O2. The van der Waals surface area contributed by atoms with E-state index in [1.54, 1.807) is 6.33 Å². The van der Waals surface area contributed by atoms with Crippen LogP contribution in [0.2, 0.25) is 0 Å². The normalized spacial score (nSPS) is 27.7. The molecule has 2 aliphatic heterocycles. The molecular weight excluding hydrogens is 244 g/mol. The first-order valence-corrected chi connectivity index (χ1v) is 7.00. The van der Waals surface area contributed by atoms with Crippen LogP contribution in [0.1, 0.15) is 37.4 Å². The lowest BCUT2D eigenvalue weighted by atomic mass is 9.96. The molecule has 6 nitrogen and oxygen atoms in total. The Kier molecular flexibility index (Phi) is 3.50. The highest BCUT2D eigenvalue weighted by molar-refractivity contribution is 5.81. The predicted octanol–water partition coefficient (Wildman–Crippen LogP) is 0.700. The number of carbonyl (C=O) groups is 1. The van der Waals surface area contributed by atoms with Gasteiger partial charge in [-0.3, -0.25) is 4.79 Å². The van der Waals surface area contributed by atoms with Gasteiger partial charge in [0.05, 0.1) is 0 Å². The fourth-order valence-electron chi connectivity index (χ4n) is 3.03. The van der Waals surface area contributed by atoms with E-state index in [1.807, 2.05) is 16.5 Å². The summed E-state index contributed by atoms with van der Waals surface area (Å²) in [6.07, 6.45) is 5.47. The van der Waals surface area contributed by atoms with Crippen molar-refractivity contribution in [1.29, 1.82) is 0 Å². The average molecular weight is 264 g/mol. The van der Waals surface area contributed by atoms with E-state index in [-0.39, 0.29) is 12.0 Å². The van der Waals surface area contributed by atoms with Crippen LogP contribution in [0.3, 0.4) is 0 Å². The molecule has 2 atom stereocenters. The summed E-state index contributed by atoms with van der Waals surface area (Å²) in [6.45, 7) is 2.30. The van der Waals surface area contributed by atoms with Crippen molar-refractivity contribution in [3.05, 3.63) is 12.2 Å². The zero-order chi connectivity index (χ0) is 13.2. The van der Waals surface area contributed by atoms with Gasteiger partial charge in [-0.25, -0.2) is 0 Å². The summed E-state index contributed by atoms with van der Waals surface area (Å²) >= 11 is 0. The molecule has 2 aliphatic rings. The Hall–Kier alpha value is -1.43. The highest BCUT2D eigenvalue weighted by Crippen LogP contribution is 2.26. The summed E-state index contributed by atoms with van der Waals surface area (Å²) < 4.78 is 7.44. The molecule has 1 aromatic heterocycles. The van der Waals surface area contributed by atoms with Gasteiger partial charge in [-0.05, 0) is 25.7 Å². The first kappa shape index (κ1) is 12.6. The zero-order valence-electron chi connectivity index (χ0n) is 11.3. The van der Waals surface area contributed by atoms with Crippen LogP contribution < -0.4 is 0 Å². The number of amides is 1. The van der Waals surface area contributed by atoms with E-state index in [4.69, 9.17) is 4.74 Å². The van der Waals surface area contributed by atoms with Gasteiger partial charge in [-0.2, -0.15) is 0 Å². The van der Waals surface area contributed by atoms with Crippen molar-refractivity contribution in [2.24, 2.45) is 7.05 Å². The van der Waals surface area contributed by atoms with Gasteiger partial charge in [0.15, 0.2) is 0 Å². The number of ether oxygens (including phenoxy) is 1. The summed E-state index contributed by atoms with van der Waals surface area (Å²) in [4.78, 5) is 14.3. The first-order chi connectivity index (χ1) is 9.25. The maximum absolute atomic E-state index is 12.4. The fraction of sp³-hybridized carbons (Fsp3) is 0.769. The van der Waals surface area contributed by atoms with Crippen molar-refractivity contribution in [3.8, 4) is 0 Å². The molecule has 0 N–H and O–H groups in total. The minimum absolute atomic E-state index is 0.157. The van der Waals surface area contributed by atoms with Crippen LogP contribution in [0.5, 0.6) is 0 Å². The number of piperidine rings is 1. The van der Waals surface area contributed by atoms with Crippen LogP contribution in [0.4, 0.5) is 0 Å². The van der Waals surface area contributed by atoms with Crippen molar-refractivity contribution in [3.63, 3.8) is 0 Å². The summed E-state index contributed by atoms with van der Waals surface area (Å²) in [5.74, 6) is 1.43. The second kappa shape index (κ2) is 5.28. The predicted molar refractivity (Wildman–Crippen MR) is 68.5 cm³/mol. The minimum Gasteiger partial charge on any atom is -0.368 e. The highest BCUT2D eigenvalue weighted by Gasteiger charge is 2.32. The smallest absolute Gasteiger partial charge is 0.251 e. The molecule has 1 aromatic rings. The first-order valence-electron chi connectivity index (χ1n) is 7.00. The van der Waals surface area contributed by atoms with E-state index >= 15 is 0 Å². The van der Waals surface area contributed by atoms with Gasteiger partial charge in [0.2, 0.25) is 0 Å². The van der Waals surface area contributed by atoms with Crippen LogP contribution >= 0.6 is 0 Å². The molecule has 0 radical (unpaired) electrons. The molecule has 0 aromatic carbocycles. The molecule has 1 amide bonds. The fourth-order valence-corrected chi connectivity index (χ4v) is 3.03. The maximum Gasteiger partial charge on any atom is 0.251 e. The molecule has 2 fully saturated rings. The third kappa shape index (κ3) is 2.49.